The number of hydrogen-bond acceptors (Lipinski definition) is 3. The molecule has 0 atom stereocenters. The summed E-state index contributed by atoms with van der Waals surface area (Å²) in [7, 11) is 0. The molecular formula is C13H11NOS. The molecule has 0 saturated heterocycles. The maximum Gasteiger partial charge on any atom is 0.195 e. The van der Waals surface area contributed by atoms with Crippen LogP contribution < -0.4 is 11.6 Å². The Hall–Kier alpha value is -1.71. The van der Waals surface area contributed by atoms with Crippen molar-refractivity contribution in [2.75, 3.05) is 0 Å². The van der Waals surface area contributed by atoms with Crippen LogP contribution in [-0.2, 0) is 0 Å². The van der Waals surface area contributed by atoms with E-state index in [-0.39, 0.29) is 11.6 Å². The number of benzene rings is 2. The summed E-state index contributed by atoms with van der Waals surface area (Å²) in [6.07, 6.45) is 0. The Morgan fingerprint density at radius 2 is 1.19 bits per heavy atom. The fraction of sp³-hybridized carbons (Fsp3) is 0. The van der Waals surface area contributed by atoms with Crippen molar-refractivity contribution in [1.82, 2.24) is 6.15 Å². The minimum atomic E-state index is 0. The summed E-state index contributed by atoms with van der Waals surface area (Å²) in [6.45, 7) is 0. The van der Waals surface area contributed by atoms with Gasteiger partial charge in [-0.05, 0) is 24.3 Å². The first-order chi connectivity index (χ1) is 7.36. The van der Waals surface area contributed by atoms with Crippen molar-refractivity contribution in [1.29, 1.82) is 0 Å². The highest BCUT2D eigenvalue weighted by Crippen LogP contribution is 2.23. The maximum atomic E-state index is 12.1. The van der Waals surface area contributed by atoms with Crippen LogP contribution in [0.1, 0.15) is 0 Å². The van der Waals surface area contributed by atoms with Crippen molar-refractivity contribution >= 4 is 31.5 Å². The molecule has 3 aromatic rings. The van der Waals surface area contributed by atoms with Crippen LogP contribution in [0.5, 0.6) is 0 Å². The molecule has 0 aliphatic heterocycles. The summed E-state index contributed by atoms with van der Waals surface area (Å²) in [4.78, 5) is 12.1. The van der Waals surface area contributed by atoms with Crippen LogP contribution in [-0.4, -0.2) is 0 Å². The minimum absolute atomic E-state index is 0. The van der Waals surface area contributed by atoms with E-state index in [1.54, 1.807) is 11.3 Å². The smallest absolute Gasteiger partial charge is 0.195 e. The molecule has 0 unspecified atom stereocenters. The molecule has 3 N–H and O–H groups in total. The van der Waals surface area contributed by atoms with Crippen molar-refractivity contribution in [3.8, 4) is 0 Å². The van der Waals surface area contributed by atoms with E-state index in [4.69, 9.17) is 0 Å². The second-order valence-electron chi connectivity index (χ2n) is 3.42. The molecule has 2 aromatic carbocycles. The summed E-state index contributed by atoms with van der Waals surface area (Å²) in [5.74, 6) is 0. The lowest BCUT2D eigenvalue weighted by molar-refractivity contribution is 1.75. The Labute approximate surface area is 96.7 Å². The third-order valence-corrected chi connectivity index (χ3v) is 3.64. The molecule has 2 nitrogen and oxygen atoms in total. The van der Waals surface area contributed by atoms with Gasteiger partial charge in [0.05, 0.1) is 0 Å². The van der Waals surface area contributed by atoms with Crippen LogP contribution in [0.4, 0.5) is 0 Å². The molecule has 1 aromatic heterocycles. The standard InChI is InChI=1S/C13H8OS.H3N/c14-13-9-5-1-3-7-11(9)15-12-8-4-2-6-10(12)13;/h1-8H;1H3. The Kier molecular flexibility index (Phi) is 2.73. The van der Waals surface area contributed by atoms with E-state index in [9.17, 15) is 4.79 Å². The van der Waals surface area contributed by atoms with Gasteiger partial charge in [0.1, 0.15) is 0 Å². The fourth-order valence-electron chi connectivity index (χ4n) is 1.75. The predicted molar refractivity (Wildman–Crippen MR) is 70.6 cm³/mol. The Morgan fingerprint density at radius 1 is 0.750 bits per heavy atom. The molecule has 80 valence electrons. The second-order valence-corrected chi connectivity index (χ2v) is 4.51. The lowest BCUT2D eigenvalue weighted by Crippen LogP contribution is -1.99. The van der Waals surface area contributed by atoms with E-state index in [1.165, 1.54) is 0 Å². The lowest BCUT2D eigenvalue weighted by Gasteiger charge is -1.99. The monoisotopic (exact) mass is 229 g/mol. The minimum Gasteiger partial charge on any atom is -0.344 e. The second kappa shape index (κ2) is 4.04. The molecule has 0 fully saturated rings. The van der Waals surface area contributed by atoms with Crippen molar-refractivity contribution in [3.63, 3.8) is 0 Å². The van der Waals surface area contributed by atoms with Crippen molar-refractivity contribution < 1.29 is 0 Å². The van der Waals surface area contributed by atoms with Crippen LogP contribution in [0, 0.1) is 0 Å². The van der Waals surface area contributed by atoms with Crippen LogP contribution >= 0.6 is 11.3 Å². The van der Waals surface area contributed by atoms with Crippen LogP contribution in [0.2, 0.25) is 0 Å². The van der Waals surface area contributed by atoms with Crippen LogP contribution in [0.15, 0.2) is 53.3 Å². The van der Waals surface area contributed by atoms with Gasteiger partial charge in [-0.1, -0.05) is 24.3 Å². The molecule has 0 spiro atoms. The maximum absolute atomic E-state index is 12.1. The first-order valence-electron chi connectivity index (χ1n) is 4.77. The van der Waals surface area contributed by atoms with Gasteiger partial charge in [-0.15, -0.1) is 11.3 Å². The van der Waals surface area contributed by atoms with Gasteiger partial charge in [0.15, 0.2) is 5.43 Å². The van der Waals surface area contributed by atoms with Gasteiger partial charge < -0.3 is 6.15 Å². The number of hydrogen-bond donors (Lipinski definition) is 1. The molecule has 0 radical (unpaired) electrons. The largest absolute Gasteiger partial charge is 0.344 e. The fourth-order valence-corrected chi connectivity index (χ4v) is 2.82. The lowest BCUT2D eigenvalue weighted by atomic mass is 10.2. The van der Waals surface area contributed by atoms with E-state index in [0.29, 0.717) is 0 Å². The van der Waals surface area contributed by atoms with Gasteiger partial charge in [0.25, 0.3) is 0 Å². The molecule has 3 rings (SSSR count). The Bertz CT molecular complexity index is 646. The van der Waals surface area contributed by atoms with E-state index >= 15 is 0 Å². The highest BCUT2D eigenvalue weighted by atomic mass is 32.1. The van der Waals surface area contributed by atoms with Gasteiger partial charge >= 0.3 is 0 Å². The highest BCUT2D eigenvalue weighted by molar-refractivity contribution is 7.24. The average molecular weight is 229 g/mol. The molecule has 0 aliphatic carbocycles. The van der Waals surface area contributed by atoms with E-state index < -0.39 is 0 Å². The predicted octanol–water partition coefficient (Wildman–Crippen LogP) is 3.58. The highest BCUT2D eigenvalue weighted by Gasteiger charge is 2.03. The quantitative estimate of drug-likeness (QED) is 0.599. The normalized spacial score (nSPS) is 10.2. The van der Waals surface area contributed by atoms with Crippen LogP contribution in [0.3, 0.4) is 0 Å². The van der Waals surface area contributed by atoms with Gasteiger partial charge in [0, 0.05) is 20.2 Å². The third kappa shape index (κ3) is 1.50. The average Bonchev–Trinajstić information content (AvgIpc) is 2.30. The van der Waals surface area contributed by atoms with E-state index in [0.717, 1.165) is 20.2 Å². The van der Waals surface area contributed by atoms with Gasteiger partial charge in [0.2, 0.25) is 0 Å². The van der Waals surface area contributed by atoms with Gasteiger partial charge in [-0.3, -0.25) is 4.79 Å². The SMILES string of the molecule is N.O=c1c2ccccc2sc2ccccc12. The summed E-state index contributed by atoms with van der Waals surface area (Å²) in [5, 5.41) is 1.64. The summed E-state index contributed by atoms with van der Waals surface area (Å²) in [6, 6.07) is 15.5. The van der Waals surface area contributed by atoms with Crippen molar-refractivity contribution in [2.45, 2.75) is 0 Å². The molecular weight excluding hydrogens is 218 g/mol. The zero-order chi connectivity index (χ0) is 10.3. The van der Waals surface area contributed by atoms with Crippen LogP contribution in [0.25, 0.3) is 20.2 Å². The molecule has 1 heterocycles. The first kappa shape index (κ1) is 10.8. The Balaban J connectivity index is 0.000000963. The first-order valence-corrected chi connectivity index (χ1v) is 5.58. The third-order valence-electron chi connectivity index (χ3n) is 2.48. The summed E-state index contributed by atoms with van der Waals surface area (Å²) < 4.78 is 2.11. The molecule has 0 aliphatic rings. The van der Waals surface area contributed by atoms with Gasteiger partial charge in [-0.2, -0.15) is 0 Å². The topological polar surface area (TPSA) is 52.1 Å². The number of rotatable bonds is 0. The van der Waals surface area contributed by atoms with Gasteiger partial charge in [-0.25, -0.2) is 0 Å². The van der Waals surface area contributed by atoms with E-state index in [2.05, 4.69) is 0 Å². The summed E-state index contributed by atoms with van der Waals surface area (Å²) in [5.41, 5.74) is 0.139. The zero-order valence-electron chi connectivity index (χ0n) is 8.64. The summed E-state index contributed by atoms with van der Waals surface area (Å²) >= 11 is 1.67. The van der Waals surface area contributed by atoms with Crippen molar-refractivity contribution in [2.24, 2.45) is 0 Å². The van der Waals surface area contributed by atoms with E-state index in [1.807, 2.05) is 48.5 Å². The molecule has 3 heteroatoms. The molecule has 16 heavy (non-hydrogen) atoms. The molecule has 0 amide bonds. The number of fused-ring (bicyclic) bond motifs is 2. The van der Waals surface area contributed by atoms with Crippen molar-refractivity contribution in [3.05, 3.63) is 58.8 Å². The molecule has 0 bridgehead atoms. The Morgan fingerprint density at radius 3 is 1.69 bits per heavy atom. The molecule has 0 saturated carbocycles. The zero-order valence-corrected chi connectivity index (χ0v) is 9.46.